The summed E-state index contributed by atoms with van der Waals surface area (Å²) in [5.74, 6) is -0.451. The Morgan fingerprint density at radius 3 is 2.59 bits per heavy atom. The molecule has 1 aliphatic heterocycles. The fraction of sp³-hybridized carbons (Fsp3) is 0.526. The molecule has 0 spiro atoms. The van der Waals surface area contributed by atoms with E-state index in [1.807, 2.05) is 0 Å². The molecule has 3 N–H and O–H groups in total. The van der Waals surface area contributed by atoms with Crippen molar-refractivity contribution in [3.05, 3.63) is 30.1 Å². The maximum absolute atomic E-state index is 12.2. The maximum atomic E-state index is 12.2. The molecule has 0 saturated carbocycles. The van der Waals surface area contributed by atoms with Crippen LogP contribution in [0.3, 0.4) is 0 Å². The quantitative estimate of drug-likeness (QED) is 0.234. The minimum atomic E-state index is -0.436. The van der Waals surface area contributed by atoms with E-state index in [-0.39, 0.29) is 11.8 Å². The van der Waals surface area contributed by atoms with Crippen molar-refractivity contribution < 1.29 is 9.59 Å². The first-order valence-electron chi connectivity index (χ1n) is 9.47. The number of carbonyl (C=O) groups excluding carboxylic acids is 2. The van der Waals surface area contributed by atoms with E-state index in [0.29, 0.717) is 17.1 Å². The number of hydrogen-bond donors (Lipinski definition) is 3. The summed E-state index contributed by atoms with van der Waals surface area (Å²) in [5.41, 5.74) is 3.86. The summed E-state index contributed by atoms with van der Waals surface area (Å²) in [6.45, 7) is 2.19. The monoisotopic (exact) mass is 389 g/mol. The lowest BCUT2D eigenvalue weighted by atomic mass is 10.0. The number of hydrogen-bond acceptors (Lipinski definition) is 5. The Balaban J connectivity index is 1.92. The number of carbonyl (C=O) groups is 2. The summed E-state index contributed by atoms with van der Waals surface area (Å²) in [7, 11) is 0. The van der Waals surface area contributed by atoms with Crippen molar-refractivity contribution in [3.63, 3.8) is 0 Å². The van der Waals surface area contributed by atoms with Crippen molar-refractivity contribution in [1.29, 1.82) is 0 Å². The van der Waals surface area contributed by atoms with E-state index in [0.717, 1.165) is 25.0 Å². The zero-order chi connectivity index (χ0) is 19.5. The molecule has 2 heterocycles. The van der Waals surface area contributed by atoms with Crippen LogP contribution in [-0.4, -0.2) is 33.7 Å². The summed E-state index contributed by atoms with van der Waals surface area (Å²) in [4.78, 5) is 28.0. The highest BCUT2D eigenvalue weighted by Gasteiger charge is 2.28. The van der Waals surface area contributed by atoms with Crippen LogP contribution in [0.4, 0.5) is 0 Å². The standard InChI is InChI=1S/C19H27N5O2S/c1-2-3-4-5-6-7-8-15(13-16-18(26)22-19(27)21-16)23-24-17(25)14-9-11-20-12-10-14/h9-12,16H,2-8,13H2,1H3,(H,24,25)(H2,21,22,26,27)/b23-15-. The maximum Gasteiger partial charge on any atom is 0.271 e. The van der Waals surface area contributed by atoms with Gasteiger partial charge in [0.25, 0.3) is 5.91 Å². The molecule has 1 aliphatic rings. The normalized spacial score (nSPS) is 16.8. The molecule has 2 rings (SSSR count). The van der Waals surface area contributed by atoms with Crippen LogP contribution in [0.5, 0.6) is 0 Å². The van der Waals surface area contributed by atoms with Crippen molar-refractivity contribution in [3.8, 4) is 0 Å². The number of hydrazone groups is 1. The third-order valence-electron chi connectivity index (χ3n) is 4.38. The molecule has 0 radical (unpaired) electrons. The number of nitrogens with one attached hydrogen (secondary N) is 3. The minimum absolute atomic E-state index is 0.156. The number of unbranched alkanes of at least 4 members (excludes halogenated alkanes) is 5. The number of rotatable bonds is 11. The fourth-order valence-electron chi connectivity index (χ4n) is 2.85. The summed E-state index contributed by atoms with van der Waals surface area (Å²) in [5, 5.41) is 10.2. The first-order valence-corrected chi connectivity index (χ1v) is 9.88. The van der Waals surface area contributed by atoms with Gasteiger partial charge in [-0.2, -0.15) is 5.10 Å². The van der Waals surface area contributed by atoms with Gasteiger partial charge in [-0.3, -0.25) is 14.6 Å². The molecule has 1 unspecified atom stereocenters. The van der Waals surface area contributed by atoms with Crippen molar-refractivity contribution in [1.82, 2.24) is 21.0 Å². The van der Waals surface area contributed by atoms with Gasteiger partial charge in [0.2, 0.25) is 5.91 Å². The van der Waals surface area contributed by atoms with Gasteiger partial charge in [-0.15, -0.1) is 0 Å². The predicted octanol–water partition coefficient (Wildman–Crippen LogP) is 2.68. The Bertz CT molecular complexity index is 678. The molecule has 1 fully saturated rings. The van der Waals surface area contributed by atoms with Crippen LogP contribution in [0, 0.1) is 0 Å². The van der Waals surface area contributed by atoms with Crippen LogP contribution in [0.2, 0.25) is 0 Å². The predicted molar refractivity (Wildman–Crippen MR) is 109 cm³/mol. The lowest BCUT2D eigenvalue weighted by Gasteiger charge is -2.11. The molecule has 1 aromatic rings. The second-order valence-electron chi connectivity index (χ2n) is 6.59. The summed E-state index contributed by atoms with van der Waals surface area (Å²) < 4.78 is 0. The summed E-state index contributed by atoms with van der Waals surface area (Å²) in [6, 6.07) is 2.82. The third-order valence-corrected chi connectivity index (χ3v) is 4.60. The average molecular weight is 390 g/mol. The van der Waals surface area contributed by atoms with Gasteiger partial charge in [0.15, 0.2) is 5.11 Å². The van der Waals surface area contributed by atoms with Crippen LogP contribution >= 0.6 is 12.2 Å². The summed E-state index contributed by atoms with van der Waals surface area (Å²) in [6.07, 6.45) is 11.3. The van der Waals surface area contributed by atoms with Crippen LogP contribution in [0.25, 0.3) is 0 Å². The van der Waals surface area contributed by atoms with Crippen molar-refractivity contribution in [2.75, 3.05) is 0 Å². The Hall–Kier alpha value is -2.35. The van der Waals surface area contributed by atoms with Gasteiger partial charge in [0, 0.05) is 30.1 Å². The van der Waals surface area contributed by atoms with Gasteiger partial charge in [-0.05, 0) is 37.2 Å². The highest BCUT2D eigenvalue weighted by Crippen LogP contribution is 2.11. The average Bonchev–Trinajstić information content (AvgIpc) is 2.99. The molecule has 27 heavy (non-hydrogen) atoms. The van der Waals surface area contributed by atoms with Crippen molar-refractivity contribution in [2.24, 2.45) is 5.10 Å². The molecule has 1 saturated heterocycles. The van der Waals surface area contributed by atoms with E-state index in [4.69, 9.17) is 12.2 Å². The molecule has 7 nitrogen and oxygen atoms in total. The zero-order valence-electron chi connectivity index (χ0n) is 15.7. The number of pyridine rings is 1. The third kappa shape index (κ3) is 7.42. The molecular weight excluding hydrogens is 362 g/mol. The lowest BCUT2D eigenvalue weighted by molar-refractivity contribution is -0.119. The fourth-order valence-corrected chi connectivity index (χ4v) is 3.09. The van der Waals surface area contributed by atoms with E-state index in [2.05, 4.69) is 33.1 Å². The number of nitrogens with zero attached hydrogens (tertiary/aromatic N) is 2. The first-order chi connectivity index (χ1) is 13.1. The smallest absolute Gasteiger partial charge is 0.271 e. The van der Waals surface area contributed by atoms with E-state index in [1.165, 1.54) is 25.7 Å². The largest absolute Gasteiger partial charge is 0.350 e. The first kappa shape index (κ1) is 21.0. The minimum Gasteiger partial charge on any atom is -0.350 e. The number of aromatic nitrogens is 1. The van der Waals surface area contributed by atoms with Gasteiger partial charge < -0.3 is 10.6 Å². The van der Waals surface area contributed by atoms with Crippen molar-refractivity contribution in [2.45, 2.75) is 64.3 Å². The van der Waals surface area contributed by atoms with Gasteiger partial charge in [-0.1, -0.05) is 39.0 Å². The van der Waals surface area contributed by atoms with Crippen molar-refractivity contribution >= 4 is 34.9 Å². The zero-order valence-corrected chi connectivity index (χ0v) is 16.5. The SMILES string of the molecule is CCCCCCCC/C(CC1NC(=S)NC1=O)=N/NC(=O)c1ccncc1. The van der Waals surface area contributed by atoms with Crippen LogP contribution in [0.1, 0.15) is 68.6 Å². The molecule has 8 heteroatoms. The molecule has 146 valence electrons. The Kier molecular flexibility index (Phi) is 8.83. The van der Waals surface area contributed by atoms with E-state index >= 15 is 0 Å². The molecule has 1 aromatic heterocycles. The molecule has 1 atom stereocenters. The number of amides is 2. The van der Waals surface area contributed by atoms with E-state index in [1.54, 1.807) is 24.5 Å². The van der Waals surface area contributed by atoms with Gasteiger partial charge >= 0.3 is 0 Å². The second kappa shape index (κ2) is 11.4. The lowest BCUT2D eigenvalue weighted by Crippen LogP contribution is -2.32. The van der Waals surface area contributed by atoms with Gasteiger partial charge in [0.05, 0.1) is 0 Å². The van der Waals surface area contributed by atoms with Crippen LogP contribution < -0.4 is 16.1 Å². The van der Waals surface area contributed by atoms with Crippen LogP contribution in [-0.2, 0) is 4.79 Å². The van der Waals surface area contributed by atoms with E-state index < -0.39 is 6.04 Å². The van der Waals surface area contributed by atoms with Crippen LogP contribution in [0.15, 0.2) is 29.6 Å². The molecule has 0 aromatic carbocycles. The number of thiocarbonyl (C=S) groups is 1. The Morgan fingerprint density at radius 2 is 1.93 bits per heavy atom. The Morgan fingerprint density at radius 1 is 1.22 bits per heavy atom. The Labute approximate surface area is 165 Å². The second-order valence-corrected chi connectivity index (χ2v) is 7.00. The topological polar surface area (TPSA) is 95.5 Å². The molecule has 0 bridgehead atoms. The highest BCUT2D eigenvalue weighted by atomic mass is 32.1. The van der Waals surface area contributed by atoms with Gasteiger partial charge in [0.1, 0.15) is 6.04 Å². The highest BCUT2D eigenvalue weighted by molar-refractivity contribution is 7.80. The molecule has 0 aliphatic carbocycles. The molecule has 2 amide bonds. The van der Waals surface area contributed by atoms with Gasteiger partial charge in [-0.25, -0.2) is 5.43 Å². The molecular formula is C19H27N5O2S. The summed E-state index contributed by atoms with van der Waals surface area (Å²) >= 11 is 4.98. The van der Waals surface area contributed by atoms with E-state index in [9.17, 15) is 9.59 Å².